The summed E-state index contributed by atoms with van der Waals surface area (Å²) in [6, 6.07) is 7.88. The number of hydrogen-bond acceptors (Lipinski definition) is 3. The van der Waals surface area contributed by atoms with E-state index in [1.165, 1.54) is 5.56 Å². The van der Waals surface area contributed by atoms with Gasteiger partial charge in [0, 0.05) is 26.2 Å². The molecule has 0 fully saturated rings. The lowest BCUT2D eigenvalue weighted by atomic mass is 10.00. The molecule has 1 unspecified atom stereocenters. The molecule has 23 heavy (non-hydrogen) atoms. The van der Waals surface area contributed by atoms with Gasteiger partial charge in [-0.25, -0.2) is 0 Å². The average molecular weight is 315 g/mol. The van der Waals surface area contributed by atoms with Gasteiger partial charge in [0.2, 0.25) is 5.91 Å². The molecule has 0 aliphatic heterocycles. The molecule has 1 atom stereocenters. The number of hydrogen-bond donors (Lipinski definition) is 2. The number of nitrogens with one attached hydrogen (secondary N) is 1. The maximum absolute atomic E-state index is 11.9. The van der Waals surface area contributed by atoms with Crippen LogP contribution in [0.2, 0.25) is 0 Å². The Kier molecular flexibility index (Phi) is 5.93. The smallest absolute Gasteiger partial charge is 0.220 e. The number of carbonyl (C=O) groups excluding carboxylic acids is 1. The molecular formula is C18H25N3O2. The van der Waals surface area contributed by atoms with E-state index in [4.69, 9.17) is 0 Å². The standard InChI is InChI=1S/C18H25N3O2/c1-13(2)15-5-7-16(8-6-15)17(22)11-19-18(23)9-4-14-10-20-21(3)12-14/h5-8,10,12-13,17,22H,4,9,11H2,1-3H3,(H,19,23). The van der Waals surface area contributed by atoms with Gasteiger partial charge in [-0.15, -0.1) is 0 Å². The van der Waals surface area contributed by atoms with Crippen LogP contribution in [0.4, 0.5) is 0 Å². The highest BCUT2D eigenvalue weighted by molar-refractivity contribution is 5.76. The van der Waals surface area contributed by atoms with Crippen LogP contribution in [0.25, 0.3) is 0 Å². The summed E-state index contributed by atoms with van der Waals surface area (Å²) in [6.07, 6.45) is 4.03. The van der Waals surface area contributed by atoms with Gasteiger partial charge in [-0.1, -0.05) is 38.1 Å². The first-order chi connectivity index (χ1) is 11.0. The van der Waals surface area contributed by atoms with Crippen molar-refractivity contribution in [3.8, 4) is 0 Å². The van der Waals surface area contributed by atoms with E-state index in [-0.39, 0.29) is 12.5 Å². The maximum atomic E-state index is 11.9. The topological polar surface area (TPSA) is 67.2 Å². The molecule has 0 spiro atoms. The van der Waals surface area contributed by atoms with Crippen molar-refractivity contribution in [3.05, 3.63) is 53.3 Å². The Balaban J connectivity index is 1.76. The summed E-state index contributed by atoms with van der Waals surface area (Å²) in [5.41, 5.74) is 3.09. The van der Waals surface area contributed by atoms with Crippen molar-refractivity contribution in [2.75, 3.05) is 6.54 Å². The van der Waals surface area contributed by atoms with E-state index in [9.17, 15) is 9.90 Å². The van der Waals surface area contributed by atoms with Crippen LogP contribution < -0.4 is 5.32 Å². The van der Waals surface area contributed by atoms with Crippen molar-refractivity contribution < 1.29 is 9.90 Å². The van der Waals surface area contributed by atoms with Gasteiger partial charge >= 0.3 is 0 Å². The Hall–Kier alpha value is -2.14. The Morgan fingerprint density at radius 1 is 1.26 bits per heavy atom. The lowest BCUT2D eigenvalue weighted by molar-refractivity contribution is -0.121. The fourth-order valence-corrected chi connectivity index (χ4v) is 2.38. The summed E-state index contributed by atoms with van der Waals surface area (Å²) >= 11 is 0. The number of nitrogens with zero attached hydrogens (tertiary/aromatic N) is 2. The molecule has 5 nitrogen and oxygen atoms in total. The zero-order valence-electron chi connectivity index (χ0n) is 14.0. The fourth-order valence-electron chi connectivity index (χ4n) is 2.38. The minimum atomic E-state index is -0.682. The van der Waals surface area contributed by atoms with E-state index in [1.807, 2.05) is 37.5 Å². The third-order valence-corrected chi connectivity index (χ3v) is 3.88. The number of aliphatic hydroxyl groups excluding tert-OH is 1. The second kappa shape index (κ2) is 7.92. The molecule has 124 valence electrons. The molecule has 5 heteroatoms. The highest BCUT2D eigenvalue weighted by Gasteiger charge is 2.10. The van der Waals surface area contributed by atoms with E-state index in [2.05, 4.69) is 24.3 Å². The zero-order chi connectivity index (χ0) is 16.8. The van der Waals surface area contributed by atoms with Gasteiger partial charge in [0.05, 0.1) is 12.3 Å². The normalized spacial score (nSPS) is 12.4. The van der Waals surface area contributed by atoms with Gasteiger partial charge in [-0.2, -0.15) is 5.10 Å². The predicted octanol–water partition coefficient (Wildman–Crippen LogP) is 2.33. The Morgan fingerprint density at radius 3 is 2.48 bits per heavy atom. The second-order valence-corrected chi connectivity index (χ2v) is 6.16. The summed E-state index contributed by atoms with van der Waals surface area (Å²) in [4.78, 5) is 11.9. The molecule has 0 saturated heterocycles. The highest BCUT2D eigenvalue weighted by Crippen LogP contribution is 2.18. The Labute approximate surface area is 137 Å². The van der Waals surface area contributed by atoms with Gasteiger partial charge < -0.3 is 10.4 Å². The number of aliphatic hydroxyl groups is 1. The molecule has 1 amide bonds. The van der Waals surface area contributed by atoms with Crippen LogP contribution >= 0.6 is 0 Å². The molecule has 2 rings (SSSR count). The third kappa shape index (κ3) is 5.21. The largest absolute Gasteiger partial charge is 0.387 e. The summed E-state index contributed by atoms with van der Waals surface area (Å²) in [6.45, 7) is 4.49. The zero-order valence-corrected chi connectivity index (χ0v) is 14.0. The van der Waals surface area contributed by atoms with E-state index >= 15 is 0 Å². The number of rotatable bonds is 7. The average Bonchev–Trinajstić information content (AvgIpc) is 2.96. The summed E-state index contributed by atoms with van der Waals surface area (Å²) in [7, 11) is 1.85. The SMILES string of the molecule is CC(C)c1ccc(C(O)CNC(=O)CCc2cnn(C)c2)cc1. The van der Waals surface area contributed by atoms with Crippen molar-refractivity contribution in [1.29, 1.82) is 0 Å². The van der Waals surface area contributed by atoms with Crippen molar-refractivity contribution in [1.82, 2.24) is 15.1 Å². The van der Waals surface area contributed by atoms with Crippen LogP contribution in [0.15, 0.2) is 36.7 Å². The van der Waals surface area contributed by atoms with Crippen LogP contribution in [0.3, 0.4) is 0 Å². The molecule has 2 aromatic rings. The van der Waals surface area contributed by atoms with Gasteiger partial charge in [0.25, 0.3) is 0 Å². The van der Waals surface area contributed by atoms with E-state index in [0.29, 0.717) is 18.8 Å². The molecule has 0 saturated carbocycles. The summed E-state index contributed by atoms with van der Waals surface area (Å²) < 4.78 is 1.72. The molecule has 0 aliphatic rings. The van der Waals surface area contributed by atoms with E-state index < -0.39 is 6.10 Å². The van der Waals surface area contributed by atoms with E-state index in [0.717, 1.165) is 11.1 Å². The lowest BCUT2D eigenvalue weighted by Gasteiger charge is -2.13. The number of aryl methyl sites for hydroxylation is 2. The molecule has 0 radical (unpaired) electrons. The number of carbonyl (C=O) groups is 1. The van der Waals surface area contributed by atoms with Crippen LogP contribution in [-0.4, -0.2) is 27.3 Å². The molecular weight excluding hydrogens is 290 g/mol. The van der Waals surface area contributed by atoms with Gasteiger partial charge in [0.1, 0.15) is 0 Å². The Morgan fingerprint density at radius 2 is 1.91 bits per heavy atom. The van der Waals surface area contributed by atoms with Crippen molar-refractivity contribution >= 4 is 5.91 Å². The van der Waals surface area contributed by atoms with Gasteiger partial charge in [0.15, 0.2) is 0 Å². The summed E-state index contributed by atoms with van der Waals surface area (Å²) in [5, 5.41) is 17.0. The van der Waals surface area contributed by atoms with Gasteiger partial charge in [-0.05, 0) is 29.0 Å². The molecule has 0 bridgehead atoms. The Bertz CT molecular complexity index is 632. The minimum absolute atomic E-state index is 0.0632. The van der Waals surface area contributed by atoms with Crippen LogP contribution in [0.5, 0.6) is 0 Å². The van der Waals surface area contributed by atoms with Crippen LogP contribution in [-0.2, 0) is 18.3 Å². The van der Waals surface area contributed by atoms with Gasteiger partial charge in [-0.3, -0.25) is 9.48 Å². The molecule has 0 aliphatic carbocycles. The van der Waals surface area contributed by atoms with Crippen molar-refractivity contribution in [2.24, 2.45) is 7.05 Å². The number of aromatic nitrogens is 2. The quantitative estimate of drug-likeness (QED) is 0.824. The predicted molar refractivity (Wildman–Crippen MR) is 90.0 cm³/mol. The second-order valence-electron chi connectivity index (χ2n) is 6.16. The molecule has 1 aromatic heterocycles. The third-order valence-electron chi connectivity index (χ3n) is 3.88. The highest BCUT2D eigenvalue weighted by atomic mass is 16.3. The minimum Gasteiger partial charge on any atom is -0.387 e. The van der Waals surface area contributed by atoms with Crippen LogP contribution in [0, 0.1) is 0 Å². The molecule has 1 aromatic carbocycles. The summed E-state index contributed by atoms with van der Waals surface area (Å²) in [5.74, 6) is 0.403. The molecule has 1 heterocycles. The monoisotopic (exact) mass is 315 g/mol. The first kappa shape index (κ1) is 17.2. The van der Waals surface area contributed by atoms with Crippen molar-refractivity contribution in [2.45, 2.75) is 38.7 Å². The fraction of sp³-hybridized carbons (Fsp3) is 0.444. The van der Waals surface area contributed by atoms with Crippen molar-refractivity contribution in [3.63, 3.8) is 0 Å². The van der Waals surface area contributed by atoms with Crippen LogP contribution in [0.1, 0.15) is 49.0 Å². The molecule has 2 N–H and O–H groups in total. The van der Waals surface area contributed by atoms with E-state index in [1.54, 1.807) is 10.9 Å². The number of amides is 1. The lowest BCUT2D eigenvalue weighted by Crippen LogP contribution is -2.28. The number of benzene rings is 1. The first-order valence-electron chi connectivity index (χ1n) is 7.98. The first-order valence-corrected chi connectivity index (χ1v) is 7.98. The maximum Gasteiger partial charge on any atom is 0.220 e.